The zero-order valence-electron chi connectivity index (χ0n) is 15.0. The highest BCUT2D eigenvalue weighted by Crippen LogP contribution is 2.20. The molecule has 2 rings (SSSR count). The first-order valence-electron chi connectivity index (χ1n) is 8.62. The molecule has 136 valence electrons. The van der Waals surface area contributed by atoms with Gasteiger partial charge in [-0.2, -0.15) is 0 Å². The lowest BCUT2D eigenvalue weighted by molar-refractivity contribution is 0.0781. The molecule has 0 spiro atoms. The zero-order chi connectivity index (χ0) is 18.7. The minimum atomic E-state index is -1.15. The Kier molecular flexibility index (Phi) is 7.73. The molecular weight excluding hydrogens is 328 g/mol. The Morgan fingerprint density at radius 2 is 1.46 bits per heavy atom. The van der Waals surface area contributed by atoms with Crippen molar-refractivity contribution in [1.29, 1.82) is 0 Å². The average Bonchev–Trinajstić information content (AvgIpc) is 2.70. The maximum absolute atomic E-state index is 11.0. The molecule has 0 unspecified atom stereocenters. The van der Waals surface area contributed by atoms with Gasteiger partial charge in [-0.1, -0.05) is 72.5 Å². The van der Waals surface area contributed by atoms with Gasteiger partial charge in [0, 0.05) is 0 Å². The monoisotopic (exact) mass is 352 g/mol. The Bertz CT molecular complexity index is 685. The summed E-state index contributed by atoms with van der Waals surface area (Å²) in [4.78, 5) is 11.0. The predicted molar refractivity (Wildman–Crippen MR) is 101 cm³/mol. The van der Waals surface area contributed by atoms with Crippen molar-refractivity contribution < 1.29 is 19.4 Å². The van der Waals surface area contributed by atoms with Gasteiger partial charge in [0.15, 0.2) is 6.61 Å². The van der Waals surface area contributed by atoms with Crippen molar-refractivity contribution in [1.82, 2.24) is 0 Å². The summed E-state index contributed by atoms with van der Waals surface area (Å²) in [5.74, 6) is 5.63. The van der Waals surface area contributed by atoms with Gasteiger partial charge in [0.05, 0.1) is 7.11 Å². The molecule has 0 saturated carbocycles. The van der Waals surface area contributed by atoms with Crippen molar-refractivity contribution >= 4 is 6.16 Å². The SMILES string of the molecule is COC(=O)OCC#CC(O)(CCc1ccccc1)CCc1ccccc1. The standard InChI is InChI=1S/C22H24O4/c1-25-21(23)26-18-8-15-22(24,16-13-19-9-4-2-5-10-19)17-14-20-11-6-3-7-12-20/h2-7,9-12,24H,13-14,16-18H2,1H3. The molecule has 0 bridgehead atoms. The third-order valence-corrected chi connectivity index (χ3v) is 4.09. The molecule has 0 heterocycles. The Labute approximate surface area is 154 Å². The first kappa shape index (κ1) is 19.6. The van der Waals surface area contributed by atoms with Gasteiger partial charge in [-0.25, -0.2) is 4.79 Å². The van der Waals surface area contributed by atoms with E-state index in [4.69, 9.17) is 4.74 Å². The number of carbonyl (C=O) groups is 1. The fourth-order valence-electron chi connectivity index (χ4n) is 2.60. The molecule has 26 heavy (non-hydrogen) atoms. The molecule has 0 amide bonds. The van der Waals surface area contributed by atoms with Crippen LogP contribution in [0.3, 0.4) is 0 Å². The second-order valence-corrected chi connectivity index (χ2v) is 6.05. The zero-order valence-corrected chi connectivity index (χ0v) is 15.0. The van der Waals surface area contributed by atoms with Gasteiger partial charge in [-0.05, 0) is 36.8 Å². The number of methoxy groups -OCH3 is 1. The number of hydrogen-bond acceptors (Lipinski definition) is 4. The Morgan fingerprint density at radius 3 is 1.92 bits per heavy atom. The third-order valence-electron chi connectivity index (χ3n) is 4.09. The summed E-state index contributed by atoms with van der Waals surface area (Å²) >= 11 is 0. The molecule has 0 radical (unpaired) electrons. The third kappa shape index (κ3) is 7.00. The summed E-state index contributed by atoms with van der Waals surface area (Å²) in [6.45, 7) is -0.105. The molecule has 2 aromatic rings. The van der Waals surface area contributed by atoms with E-state index in [1.54, 1.807) is 0 Å². The van der Waals surface area contributed by atoms with Gasteiger partial charge in [0.1, 0.15) is 5.60 Å². The first-order valence-corrected chi connectivity index (χ1v) is 8.62. The van der Waals surface area contributed by atoms with Gasteiger partial charge in [-0.3, -0.25) is 0 Å². The highest BCUT2D eigenvalue weighted by Gasteiger charge is 2.24. The highest BCUT2D eigenvalue weighted by molar-refractivity contribution is 5.59. The maximum atomic E-state index is 11.0. The average molecular weight is 352 g/mol. The molecule has 0 aliphatic heterocycles. The number of aryl methyl sites for hydroxylation is 2. The molecule has 0 aliphatic carbocycles. The minimum absolute atomic E-state index is 0.105. The molecule has 2 aromatic carbocycles. The Balaban J connectivity index is 2.01. The predicted octanol–water partition coefficient (Wildman–Crippen LogP) is 3.77. The minimum Gasteiger partial charge on any atom is -0.438 e. The maximum Gasteiger partial charge on any atom is 0.508 e. The molecule has 0 saturated heterocycles. The quantitative estimate of drug-likeness (QED) is 0.609. The van der Waals surface area contributed by atoms with Crippen molar-refractivity contribution in [3.05, 3.63) is 71.8 Å². The van der Waals surface area contributed by atoms with E-state index < -0.39 is 11.8 Å². The Hall–Kier alpha value is -2.77. The molecule has 0 aromatic heterocycles. The number of aliphatic hydroxyl groups is 1. The van der Waals surface area contributed by atoms with Crippen molar-refractivity contribution in [2.24, 2.45) is 0 Å². The van der Waals surface area contributed by atoms with Crippen molar-refractivity contribution in [2.45, 2.75) is 31.3 Å². The lowest BCUT2D eigenvalue weighted by Crippen LogP contribution is -2.28. The molecule has 0 atom stereocenters. The summed E-state index contributed by atoms with van der Waals surface area (Å²) < 4.78 is 9.17. The van der Waals surface area contributed by atoms with E-state index in [-0.39, 0.29) is 6.61 Å². The molecular formula is C22H24O4. The van der Waals surface area contributed by atoms with E-state index in [0.29, 0.717) is 12.8 Å². The van der Waals surface area contributed by atoms with Crippen LogP contribution in [0.15, 0.2) is 60.7 Å². The largest absolute Gasteiger partial charge is 0.508 e. The van der Waals surface area contributed by atoms with Gasteiger partial charge in [0.2, 0.25) is 0 Å². The molecule has 4 heteroatoms. The fraction of sp³-hybridized carbons (Fsp3) is 0.318. The van der Waals surface area contributed by atoms with Crippen LogP contribution in [0, 0.1) is 11.8 Å². The summed E-state index contributed by atoms with van der Waals surface area (Å²) in [6, 6.07) is 20.0. The second-order valence-electron chi connectivity index (χ2n) is 6.05. The molecule has 4 nitrogen and oxygen atoms in total. The van der Waals surface area contributed by atoms with E-state index in [0.717, 1.165) is 24.0 Å². The first-order chi connectivity index (χ1) is 12.6. The van der Waals surface area contributed by atoms with Gasteiger partial charge >= 0.3 is 6.16 Å². The Morgan fingerprint density at radius 1 is 0.962 bits per heavy atom. The van der Waals surface area contributed by atoms with Gasteiger partial charge < -0.3 is 14.6 Å². The van der Waals surface area contributed by atoms with E-state index >= 15 is 0 Å². The van der Waals surface area contributed by atoms with Crippen LogP contribution in [0.25, 0.3) is 0 Å². The van der Waals surface area contributed by atoms with Crippen LogP contribution in [0.1, 0.15) is 24.0 Å². The van der Waals surface area contributed by atoms with Crippen LogP contribution in [-0.2, 0) is 22.3 Å². The van der Waals surface area contributed by atoms with Crippen molar-refractivity contribution in [3.8, 4) is 11.8 Å². The number of rotatable bonds is 7. The molecule has 1 N–H and O–H groups in total. The van der Waals surface area contributed by atoms with Crippen molar-refractivity contribution in [3.63, 3.8) is 0 Å². The van der Waals surface area contributed by atoms with Gasteiger partial charge in [0.25, 0.3) is 0 Å². The number of carbonyl (C=O) groups excluding carboxylic acids is 1. The van der Waals surface area contributed by atoms with Crippen molar-refractivity contribution in [2.75, 3.05) is 13.7 Å². The fourth-order valence-corrected chi connectivity index (χ4v) is 2.60. The topological polar surface area (TPSA) is 55.8 Å². The van der Waals surface area contributed by atoms with E-state index in [2.05, 4.69) is 16.6 Å². The van der Waals surface area contributed by atoms with E-state index in [9.17, 15) is 9.90 Å². The van der Waals surface area contributed by atoms with Crippen LogP contribution in [0.2, 0.25) is 0 Å². The highest BCUT2D eigenvalue weighted by atomic mass is 16.7. The van der Waals surface area contributed by atoms with E-state index in [1.807, 2.05) is 60.7 Å². The van der Waals surface area contributed by atoms with Crippen LogP contribution in [0.4, 0.5) is 4.79 Å². The van der Waals surface area contributed by atoms with Gasteiger partial charge in [-0.15, -0.1) is 0 Å². The molecule has 0 fully saturated rings. The second kappa shape index (κ2) is 10.3. The summed E-state index contributed by atoms with van der Waals surface area (Å²) in [6.07, 6.45) is 1.68. The lowest BCUT2D eigenvalue weighted by atomic mass is 9.89. The number of hydrogen-bond donors (Lipinski definition) is 1. The summed E-state index contributed by atoms with van der Waals surface area (Å²) in [5, 5.41) is 11.0. The number of ether oxygens (including phenoxy) is 2. The molecule has 0 aliphatic rings. The smallest absolute Gasteiger partial charge is 0.438 e. The number of benzene rings is 2. The van der Waals surface area contributed by atoms with Crippen LogP contribution < -0.4 is 0 Å². The summed E-state index contributed by atoms with van der Waals surface area (Å²) in [5.41, 5.74) is 1.15. The van der Waals surface area contributed by atoms with Crippen LogP contribution >= 0.6 is 0 Å². The van der Waals surface area contributed by atoms with E-state index in [1.165, 1.54) is 7.11 Å². The van der Waals surface area contributed by atoms with Crippen LogP contribution in [0.5, 0.6) is 0 Å². The lowest BCUT2D eigenvalue weighted by Gasteiger charge is -2.22. The summed E-state index contributed by atoms with van der Waals surface area (Å²) in [7, 11) is 1.24. The van der Waals surface area contributed by atoms with Crippen LogP contribution in [-0.4, -0.2) is 30.6 Å². The normalized spacial score (nSPS) is 10.5.